The molecule has 2 N–H and O–H groups in total. The van der Waals surface area contributed by atoms with Gasteiger partial charge in [-0.15, -0.1) is 0 Å². The molecule has 0 aliphatic heterocycles. The Morgan fingerprint density at radius 2 is 2.22 bits per heavy atom. The summed E-state index contributed by atoms with van der Waals surface area (Å²) in [7, 11) is 0. The second kappa shape index (κ2) is 4.89. The van der Waals surface area contributed by atoms with Crippen molar-refractivity contribution in [2.24, 2.45) is 0 Å². The Kier molecular flexibility index (Phi) is 3.47. The summed E-state index contributed by atoms with van der Waals surface area (Å²) in [6.07, 6.45) is 1.38. The SMILES string of the molecule is Cc1ncn(Cc2c(N)cccc2F)c(=O)c1Br. The first kappa shape index (κ1) is 12.8. The third kappa shape index (κ3) is 2.28. The van der Waals surface area contributed by atoms with Crippen LogP contribution in [0.25, 0.3) is 0 Å². The van der Waals surface area contributed by atoms with Gasteiger partial charge in [0.05, 0.1) is 18.6 Å². The van der Waals surface area contributed by atoms with Crippen LogP contribution in [0.4, 0.5) is 10.1 Å². The molecule has 0 atom stereocenters. The van der Waals surface area contributed by atoms with E-state index in [0.29, 0.717) is 15.9 Å². The van der Waals surface area contributed by atoms with Gasteiger partial charge in [0, 0.05) is 11.3 Å². The molecule has 0 bridgehead atoms. The van der Waals surface area contributed by atoms with E-state index in [2.05, 4.69) is 20.9 Å². The van der Waals surface area contributed by atoms with Crippen LogP contribution >= 0.6 is 15.9 Å². The summed E-state index contributed by atoms with van der Waals surface area (Å²) in [6.45, 7) is 1.77. The summed E-state index contributed by atoms with van der Waals surface area (Å²) < 4.78 is 15.3. The number of benzene rings is 1. The number of nitrogens with zero attached hydrogens (tertiary/aromatic N) is 2. The lowest BCUT2D eigenvalue weighted by atomic mass is 10.1. The molecule has 0 amide bonds. The zero-order valence-electron chi connectivity index (χ0n) is 9.65. The van der Waals surface area contributed by atoms with E-state index in [1.165, 1.54) is 23.0 Å². The fourth-order valence-electron chi connectivity index (χ4n) is 1.57. The highest BCUT2D eigenvalue weighted by molar-refractivity contribution is 9.10. The molecule has 4 nitrogen and oxygen atoms in total. The molecule has 0 spiro atoms. The van der Waals surface area contributed by atoms with E-state index in [1.807, 2.05) is 0 Å². The minimum Gasteiger partial charge on any atom is -0.398 e. The van der Waals surface area contributed by atoms with E-state index < -0.39 is 5.82 Å². The highest BCUT2D eigenvalue weighted by Gasteiger charge is 2.10. The van der Waals surface area contributed by atoms with Crippen LogP contribution in [0.2, 0.25) is 0 Å². The molecule has 2 aromatic rings. The van der Waals surface area contributed by atoms with E-state index in [0.717, 1.165) is 0 Å². The average molecular weight is 312 g/mol. The van der Waals surface area contributed by atoms with E-state index in [4.69, 9.17) is 5.73 Å². The normalized spacial score (nSPS) is 10.6. The molecule has 0 saturated heterocycles. The summed E-state index contributed by atoms with van der Waals surface area (Å²) in [5, 5.41) is 0. The van der Waals surface area contributed by atoms with Gasteiger partial charge in [-0.3, -0.25) is 9.36 Å². The summed E-state index contributed by atoms with van der Waals surface area (Å²) in [5.74, 6) is -0.432. The van der Waals surface area contributed by atoms with Crippen molar-refractivity contribution in [3.8, 4) is 0 Å². The smallest absolute Gasteiger partial charge is 0.268 e. The molecule has 1 aromatic heterocycles. The number of aryl methyl sites for hydroxylation is 1. The van der Waals surface area contributed by atoms with Crippen molar-refractivity contribution in [2.45, 2.75) is 13.5 Å². The monoisotopic (exact) mass is 311 g/mol. The quantitative estimate of drug-likeness (QED) is 0.864. The molecule has 2 rings (SSSR count). The van der Waals surface area contributed by atoms with Gasteiger partial charge in [-0.2, -0.15) is 0 Å². The van der Waals surface area contributed by atoms with Gasteiger partial charge in [-0.1, -0.05) is 6.07 Å². The van der Waals surface area contributed by atoms with Gasteiger partial charge < -0.3 is 5.73 Å². The first-order valence-corrected chi connectivity index (χ1v) is 6.04. The van der Waals surface area contributed by atoms with Crippen LogP contribution in [-0.2, 0) is 6.54 Å². The molecule has 1 heterocycles. The predicted molar refractivity (Wildman–Crippen MR) is 70.8 cm³/mol. The van der Waals surface area contributed by atoms with Crippen molar-refractivity contribution in [3.05, 3.63) is 56.4 Å². The number of nitrogens with two attached hydrogens (primary N) is 1. The maximum Gasteiger partial charge on any atom is 0.268 e. The standard InChI is InChI=1S/C12H11BrFN3O/c1-7-11(13)12(18)17(6-16-7)5-8-9(14)3-2-4-10(8)15/h2-4,6H,5,15H2,1H3. The van der Waals surface area contributed by atoms with Crippen LogP contribution in [0.1, 0.15) is 11.3 Å². The Bertz CT molecular complexity index is 634. The second-order valence-corrected chi connectivity index (χ2v) is 4.68. The molecule has 0 aliphatic rings. The van der Waals surface area contributed by atoms with E-state index in [9.17, 15) is 9.18 Å². The number of aromatic nitrogens is 2. The van der Waals surface area contributed by atoms with E-state index in [1.54, 1.807) is 13.0 Å². The van der Waals surface area contributed by atoms with Crippen molar-refractivity contribution in [3.63, 3.8) is 0 Å². The van der Waals surface area contributed by atoms with Gasteiger partial charge in [0.15, 0.2) is 0 Å². The maximum absolute atomic E-state index is 13.6. The number of nitrogen functional groups attached to an aromatic ring is 1. The third-order valence-electron chi connectivity index (χ3n) is 2.64. The van der Waals surface area contributed by atoms with E-state index in [-0.39, 0.29) is 17.7 Å². The summed E-state index contributed by atoms with van der Waals surface area (Å²) in [4.78, 5) is 16.0. The first-order chi connectivity index (χ1) is 8.50. The summed E-state index contributed by atoms with van der Waals surface area (Å²) in [6, 6.07) is 4.44. The molecular weight excluding hydrogens is 301 g/mol. The third-order valence-corrected chi connectivity index (χ3v) is 3.55. The van der Waals surface area contributed by atoms with Crippen LogP contribution < -0.4 is 11.3 Å². The summed E-state index contributed by atoms with van der Waals surface area (Å²) in [5.41, 5.74) is 6.64. The van der Waals surface area contributed by atoms with Gasteiger partial charge in [0.2, 0.25) is 0 Å². The van der Waals surface area contributed by atoms with Crippen LogP contribution in [-0.4, -0.2) is 9.55 Å². The number of halogens is 2. The Morgan fingerprint density at radius 3 is 2.89 bits per heavy atom. The number of anilines is 1. The largest absolute Gasteiger partial charge is 0.398 e. The van der Waals surface area contributed by atoms with Crippen LogP contribution in [0.15, 0.2) is 33.8 Å². The lowest BCUT2D eigenvalue weighted by Gasteiger charge is -2.10. The van der Waals surface area contributed by atoms with Crippen molar-refractivity contribution in [1.29, 1.82) is 0 Å². The molecule has 0 unspecified atom stereocenters. The highest BCUT2D eigenvalue weighted by atomic mass is 79.9. The van der Waals surface area contributed by atoms with Gasteiger partial charge in [0.25, 0.3) is 5.56 Å². The summed E-state index contributed by atoms with van der Waals surface area (Å²) >= 11 is 3.16. The molecule has 94 valence electrons. The molecular formula is C12H11BrFN3O. The number of hydrogen-bond donors (Lipinski definition) is 1. The lowest BCUT2D eigenvalue weighted by molar-refractivity contribution is 0.594. The van der Waals surface area contributed by atoms with Crippen molar-refractivity contribution in [1.82, 2.24) is 9.55 Å². The fraction of sp³-hybridized carbons (Fsp3) is 0.167. The minimum atomic E-state index is -0.432. The Balaban J connectivity index is 2.47. The van der Waals surface area contributed by atoms with Crippen LogP contribution in [0.5, 0.6) is 0 Å². The zero-order valence-corrected chi connectivity index (χ0v) is 11.2. The Morgan fingerprint density at radius 1 is 1.50 bits per heavy atom. The van der Waals surface area contributed by atoms with Gasteiger partial charge in [-0.05, 0) is 35.0 Å². The molecule has 0 fully saturated rings. The molecule has 0 saturated carbocycles. The average Bonchev–Trinajstić information content (AvgIpc) is 2.34. The molecule has 0 aliphatic carbocycles. The lowest BCUT2D eigenvalue weighted by Crippen LogP contribution is -2.23. The fourth-order valence-corrected chi connectivity index (χ4v) is 1.90. The van der Waals surface area contributed by atoms with Crippen molar-refractivity contribution >= 4 is 21.6 Å². The van der Waals surface area contributed by atoms with Gasteiger partial charge in [0.1, 0.15) is 10.3 Å². The maximum atomic E-state index is 13.6. The minimum absolute atomic E-state index is 0.0587. The molecule has 18 heavy (non-hydrogen) atoms. The van der Waals surface area contributed by atoms with Crippen LogP contribution in [0.3, 0.4) is 0 Å². The number of rotatable bonds is 2. The first-order valence-electron chi connectivity index (χ1n) is 5.25. The topological polar surface area (TPSA) is 60.9 Å². The van der Waals surface area contributed by atoms with Gasteiger partial charge in [-0.25, -0.2) is 9.37 Å². The van der Waals surface area contributed by atoms with Gasteiger partial charge >= 0.3 is 0 Å². The second-order valence-electron chi connectivity index (χ2n) is 3.88. The zero-order chi connectivity index (χ0) is 13.3. The predicted octanol–water partition coefficient (Wildman–Crippen LogP) is 2.08. The van der Waals surface area contributed by atoms with Crippen molar-refractivity contribution < 1.29 is 4.39 Å². The van der Waals surface area contributed by atoms with Crippen molar-refractivity contribution in [2.75, 3.05) is 5.73 Å². The molecule has 0 radical (unpaired) electrons. The highest BCUT2D eigenvalue weighted by Crippen LogP contribution is 2.16. The molecule has 1 aromatic carbocycles. The van der Waals surface area contributed by atoms with E-state index >= 15 is 0 Å². The Hall–Kier alpha value is -1.69. The number of hydrogen-bond acceptors (Lipinski definition) is 3. The van der Waals surface area contributed by atoms with Crippen LogP contribution in [0, 0.1) is 12.7 Å². The Labute approximate surface area is 111 Å². The molecule has 6 heteroatoms.